The van der Waals surface area contributed by atoms with E-state index in [2.05, 4.69) is 10.4 Å². The maximum Gasteiger partial charge on any atom is 0.231 e. The maximum atomic E-state index is 11.9. The van der Waals surface area contributed by atoms with Gasteiger partial charge in [-0.1, -0.05) is 12.1 Å². The Morgan fingerprint density at radius 1 is 1.40 bits per heavy atom. The van der Waals surface area contributed by atoms with Crippen LogP contribution in [-0.2, 0) is 6.54 Å². The third-order valence-electron chi connectivity index (χ3n) is 2.40. The molecule has 1 aromatic heterocycles. The van der Waals surface area contributed by atoms with Crippen molar-refractivity contribution in [3.05, 3.63) is 34.5 Å². The number of rotatable bonds is 2. The van der Waals surface area contributed by atoms with Crippen LogP contribution in [0.1, 0.15) is 6.92 Å². The molecule has 2 aromatic rings. The quantitative estimate of drug-likeness (QED) is 0.803. The lowest BCUT2D eigenvalue weighted by atomic mass is 10.2. The number of anilines is 1. The highest BCUT2D eigenvalue weighted by molar-refractivity contribution is 5.80. The van der Waals surface area contributed by atoms with Crippen LogP contribution in [0.4, 0.5) is 5.82 Å². The van der Waals surface area contributed by atoms with Crippen molar-refractivity contribution in [1.29, 1.82) is 0 Å². The fourth-order valence-electron chi connectivity index (χ4n) is 1.64. The van der Waals surface area contributed by atoms with Gasteiger partial charge in [-0.2, -0.15) is 5.10 Å². The zero-order chi connectivity index (χ0) is 10.8. The maximum absolute atomic E-state index is 11.9. The van der Waals surface area contributed by atoms with Crippen molar-refractivity contribution in [2.45, 2.75) is 13.5 Å². The smallest absolute Gasteiger partial charge is 0.231 e. The van der Waals surface area contributed by atoms with E-state index in [0.29, 0.717) is 11.2 Å². The molecule has 78 valence electrons. The standard InChI is InChI=1S/C11H13N3O/c1-3-14-9-7-5-4-6-8(9)10(15)11(12-2)13-14/h4-7H,3H2,1-2H3,(H,12,13). The molecule has 15 heavy (non-hydrogen) atoms. The first-order valence-corrected chi connectivity index (χ1v) is 4.95. The molecule has 0 fully saturated rings. The van der Waals surface area contributed by atoms with Crippen molar-refractivity contribution in [3.63, 3.8) is 0 Å². The van der Waals surface area contributed by atoms with Gasteiger partial charge in [0.1, 0.15) is 0 Å². The van der Waals surface area contributed by atoms with Gasteiger partial charge in [0.05, 0.1) is 10.9 Å². The number of aromatic nitrogens is 2. The van der Waals surface area contributed by atoms with Crippen LogP contribution in [0.5, 0.6) is 0 Å². The first-order chi connectivity index (χ1) is 7.27. The monoisotopic (exact) mass is 203 g/mol. The predicted octanol–water partition coefficient (Wildman–Crippen LogP) is 1.46. The molecule has 0 radical (unpaired) electrons. The Morgan fingerprint density at radius 2 is 2.13 bits per heavy atom. The molecular weight excluding hydrogens is 190 g/mol. The molecule has 0 saturated carbocycles. The molecule has 0 spiro atoms. The summed E-state index contributed by atoms with van der Waals surface area (Å²) < 4.78 is 1.82. The summed E-state index contributed by atoms with van der Waals surface area (Å²) in [6.07, 6.45) is 0. The highest BCUT2D eigenvalue weighted by atomic mass is 16.1. The zero-order valence-electron chi connectivity index (χ0n) is 8.82. The Labute approximate surface area is 87.5 Å². The molecule has 4 heteroatoms. The van der Waals surface area contributed by atoms with E-state index >= 15 is 0 Å². The highest BCUT2D eigenvalue weighted by Gasteiger charge is 2.07. The fraction of sp³-hybridized carbons (Fsp3) is 0.273. The first-order valence-electron chi connectivity index (χ1n) is 4.95. The molecule has 0 amide bonds. The number of fused-ring (bicyclic) bond motifs is 1. The third-order valence-corrected chi connectivity index (χ3v) is 2.40. The second-order valence-corrected chi connectivity index (χ2v) is 3.26. The molecule has 0 aliphatic carbocycles. The number of hydrogen-bond donors (Lipinski definition) is 1. The highest BCUT2D eigenvalue weighted by Crippen LogP contribution is 2.10. The lowest BCUT2D eigenvalue weighted by Crippen LogP contribution is -2.17. The van der Waals surface area contributed by atoms with E-state index in [0.717, 1.165) is 12.1 Å². The summed E-state index contributed by atoms with van der Waals surface area (Å²) in [5.41, 5.74) is 0.835. The minimum absolute atomic E-state index is 0.0437. The minimum atomic E-state index is -0.0437. The van der Waals surface area contributed by atoms with E-state index in [1.165, 1.54) is 0 Å². The predicted molar refractivity (Wildman–Crippen MR) is 61.2 cm³/mol. The number of aryl methyl sites for hydroxylation is 1. The van der Waals surface area contributed by atoms with Crippen molar-refractivity contribution in [1.82, 2.24) is 9.78 Å². The number of nitrogens with one attached hydrogen (secondary N) is 1. The Morgan fingerprint density at radius 3 is 2.80 bits per heavy atom. The van der Waals surface area contributed by atoms with Crippen LogP contribution in [0.25, 0.3) is 10.9 Å². The van der Waals surface area contributed by atoms with Gasteiger partial charge in [-0.3, -0.25) is 9.48 Å². The molecule has 4 nitrogen and oxygen atoms in total. The number of benzene rings is 1. The van der Waals surface area contributed by atoms with Gasteiger partial charge >= 0.3 is 0 Å². The van der Waals surface area contributed by atoms with E-state index in [-0.39, 0.29) is 5.43 Å². The summed E-state index contributed by atoms with van der Waals surface area (Å²) in [4.78, 5) is 11.9. The van der Waals surface area contributed by atoms with E-state index in [1.807, 2.05) is 35.9 Å². The van der Waals surface area contributed by atoms with E-state index in [9.17, 15) is 4.79 Å². The molecule has 0 unspecified atom stereocenters. The summed E-state index contributed by atoms with van der Waals surface area (Å²) in [7, 11) is 1.71. The van der Waals surface area contributed by atoms with Crippen molar-refractivity contribution in [2.24, 2.45) is 0 Å². The van der Waals surface area contributed by atoms with Crippen LogP contribution in [-0.4, -0.2) is 16.8 Å². The molecule has 0 bridgehead atoms. The summed E-state index contributed by atoms with van der Waals surface area (Å²) >= 11 is 0. The third kappa shape index (κ3) is 1.48. The normalized spacial score (nSPS) is 10.5. The Bertz CT molecular complexity index is 545. The van der Waals surface area contributed by atoms with Crippen LogP contribution in [0.3, 0.4) is 0 Å². The van der Waals surface area contributed by atoms with Crippen molar-refractivity contribution in [3.8, 4) is 0 Å². The lowest BCUT2D eigenvalue weighted by Gasteiger charge is -2.09. The van der Waals surface area contributed by atoms with Crippen LogP contribution >= 0.6 is 0 Å². The fourth-order valence-corrected chi connectivity index (χ4v) is 1.64. The molecule has 0 aliphatic heterocycles. The summed E-state index contributed by atoms with van der Waals surface area (Å²) in [5, 5.41) is 7.76. The van der Waals surface area contributed by atoms with Gasteiger partial charge in [0.25, 0.3) is 0 Å². The molecule has 0 saturated heterocycles. The number of nitrogens with zero attached hydrogens (tertiary/aromatic N) is 2. The van der Waals surface area contributed by atoms with Gasteiger partial charge in [-0.15, -0.1) is 0 Å². The largest absolute Gasteiger partial charge is 0.368 e. The van der Waals surface area contributed by atoms with E-state index in [4.69, 9.17) is 0 Å². The zero-order valence-corrected chi connectivity index (χ0v) is 8.82. The summed E-state index contributed by atoms with van der Waals surface area (Å²) in [6.45, 7) is 2.75. The number of para-hydroxylation sites is 1. The van der Waals surface area contributed by atoms with Crippen molar-refractivity contribution < 1.29 is 0 Å². The summed E-state index contributed by atoms with van der Waals surface area (Å²) in [6, 6.07) is 7.51. The van der Waals surface area contributed by atoms with Gasteiger partial charge in [0.15, 0.2) is 5.82 Å². The molecule has 1 aromatic carbocycles. The van der Waals surface area contributed by atoms with E-state index in [1.54, 1.807) is 7.05 Å². The first kappa shape index (κ1) is 9.71. The second-order valence-electron chi connectivity index (χ2n) is 3.26. The molecule has 0 atom stereocenters. The van der Waals surface area contributed by atoms with E-state index < -0.39 is 0 Å². The SMILES string of the molecule is CCn1nc(NC)c(=O)c2ccccc21. The van der Waals surface area contributed by atoms with Gasteiger partial charge < -0.3 is 5.32 Å². The van der Waals surface area contributed by atoms with Gasteiger partial charge in [0.2, 0.25) is 5.43 Å². The summed E-state index contributed by atoms with van der Waals surface area (Å²) in [5.74, 6) is 0.399. The average Bonchev–Trinajstić information content (AvgIpc) is 2.30. The van der Waals surface area contributed by atoms with Crippen LogP contribution in [0.2, 0.25) is 0 Å². The van der Waals surface area contributed by atoms with Crippen LogP contribution in [0, 0.1) is 0 Å². The molecule has 1 N–H and O–H groups in total. The minimum Gasteiger partial charge on any atom is -0.368 e. The Hall–Kier alpha value is -1.84. The van der Waals surface area contributed by atoms with Crippen LogP contribution in [0.15, 0.2) is 29.1 Å². The van der Waals surface area contributed by atoms with Crippen molar-refractivity contribution >= 4 is 16.7 Å². The Balaban J connectivity index is 2.90. The molecule has 2 rings (SSSR count). The van der Waals surface area contributed by atoms with Crippen molar-refractivity contribution in [2.75, 3.05) is 12.4 Å². The number of hydrogen-bond acceptors (Lipinski definition) is 3. The van der Waals surface area contributed by atoms with Gasteiger partial charge in [0, 0.05) is 13.6 Å². The average molecular weight is 203 g/mol. The second kappa shape index (κ2) is 3.73. The Kier molecular flexibility index (Phi) is 2.41. The van der Waals surface area contributed by atoms with Gasteiger partial charge in [-0.25, -0.2) is 0 Å². The van der Waals surface area contributed by atoms with Gasteiger partial charge in [-0.05, 0) is 19.1 Å². The molecular formula is C11H13N3O. The van der Waals surface area contributed by atoms with Crippen LogP contribution < -0.4 is 10.7 Å². The molecule has 0 aliphatic rings. The molecule has 1 heterocycles. The topological polar surface area (TPSA) is 46.9 Å². The lowest BCUT2D eigenvalue weighted by molar-refractivity contribution is 0.672.